The summed E-state index contributed by atoms with van der Waals surface area (Å²) in [6.07, 6.45) is -7.15. The number of alkyl halides is 5. The van der Waals surface area contributed by atoms with Crippen LogP contribution in [0, 0.1) is 17.2 Å². The maximum absolute atomic E-state index is 13.8. The molecule has 1 aliphatic heterocycles. The lowest BCUT2D eigenvalue weighted by Crippen LogP contribution is -2.55. The minimum absolute atomic E-state index is 0.0748. The summed E-state index contributed by atoms with van der Waals surface area (Å²) in [7, 11) is -4.38. The number of nitrogens with zero attached hydrogens (tertiary/aromatic N) is 7. The first kappa shape index (κ1) is 31.0. The Kier molecular flexibility index (Phi) is 7.88. The SMILES string of the molecule is CC(C)C(=O)N1CCN(c2cc(S(=O)(=O)NC3(C#N)CC3)cc3c(-c4nnc(C(F)F)s4)nn(CC(F)(F)F)c23)C[C@@H]1C. The van der Waals surface area contributed by atoms with E-state index in [0.29, 0.717) is 16.0 Å². The molecule has 1 amide bonds. The average Bonchev–Trinajstić information content (AvgIpc) is 3.34. The molecule has 3 heterocycles. The van der Waals surface area contributed by atoms with Crippen molar-refractivity contribution in [3.63, 3.8) is 0 Å². The van der Waals surface area contributed by atoms with Gasteiger partial charge in [-0.05, 0) is 31.9 Å². The van der Waals surface area contributed by atoms with Crippen molar-refractivity contribution in [3.05, 3.63) is 17.1 Å². The number of hydrogen-bond donors (Lipinski definition) is 1. The normalized spacial score (nSPS) is 19.0. The second-order valence-electron chi connectivity index (χ2n) is 11.0. The van der Waals surface area contributed by atoms with Crippen molar-refractivity contribution >= 4 is 43.9 Å². The summed E-state index contributed by atoms with van der Waals surface area (Å²) in [5, 5.41) is 19.7. The summed E-state index contributed by atoms with van der Waals surface area (Å²) in [4.78, 5) is 15.7. The Labute approximate surface area is 247 Å². The highest BCUT2D eigenvalue weighted by Crippen LogP contribution is 2.41. The number of piperazine rings is 1. The van der Waals surface area contributed by atoms with E-state index in [4.69, 9.17) is 0 Å². The lowest BCUT2D eigenvalue weighted by Gasteiger charge is -2.42. The van der Waals surface area contributed by atoms with Crippen LogP contribution >= 0.6 is 11.3 Å². The number of amides is 1. The number of anilines is 1. The number of benzene rings is 1. The van der Waals surface area contributed by atoms with Crippen molar-refractivity contribution in [3.8, 4) is 16.8 Å². The molecular formula is C25H27F5N8O3S2. The Hall–Kier alpha value is -3.43. The lowest BCUT2D eigenvalue weighted by molar-refractivity contribution is -0.142. The number of hydrogen-bond acceptors (Lipinski definition) is 9. The Balaban J connectivity index is 1.71. The maximum atomic E-state index is 13.8. The number of nitrogens with one attached hydrogen (secondary N) is 1. The number of rotatable bonds is 8. The van der Waals surface area contributed by atoms with Gasteiger partial charge in [0, 0.05) is 37.0 Å². The highest BCUT2D eigenvalue weighted by atomic mass is 32.2. The quantitative estimate of drug-likeness (QED) is 0.362. The predicted octanol–water partition coefficient (Wildman–Crippen LogP) is 4.08. The zero-order valence-corrected chi connectivity index (χ0v) is 24.8. The Morgan fingerprint density at radius 2 is 1.93 bits per heavy atom. The van der Waals surface area contributed by atoms with Crippen molar-refractivity contribution in [1.29, 1.82) is 5.26 Å². The van der Waals surface area contributed by atoms with Gasteiger partial charge in [-0.1, -0.05) is 25.2 Å². The fourth-order valence-corrected chi connectivity index (χ4v) is 7.16. The van der Waals surface area contributed by atoms with E-state index < -0.39 is 39.7 Å². The number of carbonyl (C=O) groups excluding carboxylic acids is 1. The summed E-state index contributed by atoms with van der Waals surface area (Å²) in [5.74, 6) is -0.379. The van der Waals surface area contributed by atoms with Crippen LogP contribution in [0.25, 0.3) is 21.6 Å². The summed E-state index contributed by atoms with van der Waals surface area (Å²) in [6.45, 7) is 4.28. The summed E-state index contributed by atoms with van der Waals surface area (Å²) in [6, 6.07) is 3.88. The topological polar surface area (TPSA) is 137 Å². The van der Waals surface area contributed by atoms with Gasteiger partial charge < -0.3 is 9.80 Å². The fourth-order valence-electron chi connectivity index (χ4n) is 5.04. The molecule has 43 heavy (non-hydrogen) atoms. The third-order valence-corrected chi connectivity index (χ3v) is 9.76. The second-order valence-corrected chi connectivity index (χ2v) is 13.7. The molecule has 1 aliphatic carbocycles. The van der Waals surface area contributed by atoms with E-state index in [1.807, 2.05) is 6.07 Å². The number of halogens is 5. The predicted molar refractivity (Wildman–Crippen MR) is 146 cm³/mol. The van der Waals surface area contributed by atoms with Crippen LogP contribution in [0.4, 0.5) is 27.6 Å². The number of sulfonamides is 1. The number of carbonyl (C=O) groups is 1. The highest BCUT2D eigenvalue weighted by Gasteiger charge is 2.47. The Morgan fingerprint density at radius 1 is 1.23 bits per heavy atom. The molecule has 1 atom stereocenters. The minimum atomic E-state index is -4.74. The van der Waals surface area contributed by atoms with Gasteiger partial charge in [0.2, 0.25) is 15.9 Å². The first-order valence-corrected chi connectivity index (χ1v) is 15.6. The first-order chi connectivity index (χ1) is 20.0. The second kappa shape index (κ2) is 10.9. The van der Waals surface area contributed by atoms with Crippen LogP contribution in [0.3, 0.4) is 0 Å². The third-order valence-electron chi connectivity index (χ3n) is 7.31. The molecule has 5 rings (SSSR count). The lowest BCUT2D eigenvalue weighted by atomic mass is 10.1. The van der Waals surface area contributed by atoms with Crippen LogP contribution in [-0.4, -0.2) is 76.6 Å². The van der Waals surface area contributed by atoms with E-state index in [1.165, 1.54) is 6.07 Å². The molecule has 2 fully saturated rings. The summed E-state index contributed by atoms with van der Waals surface area (Å²) in [5.41, 5.74) is -1.54. The molecule has 0 spiro atoms. The molecule has 0 bridgehead atoms. The molecule has 0 unspecified atom stereocenters. The summed E-state index contributed by atoms with van der Waals surface area (Å²) < 4.78 is 98.0. The van der Waals surface area contributed by atoms with Gasteiger partial charge in [-0.2, -0.15) is 28.3 Å². The monoisotopic (exact) mass is 646 g/mol. The van der Waals surface area contributed by atoms with Crippen LogP contribution in [0.2, 0.25) is 0 Å². The van der Waals surface area contributed by atoms with Crippen LogP contribution in [0.1, 0.15) is 45.0 Å². The van der Waals surface area contributed by atoms with E-state index >= 15 is 0 Å². The number of aromatic nitrogens is 4. The van der Waals surface area contributed by atoms with Crippen molar-refractivity contribution in [2.24, 2.45) is 5.92 Å². The molecule has 11 nitrogen and oxygen atoms in total. The minimum Gasteiger partial charge on any atom is -0.366 e. The van der Waals surface area contributed by atoms with Crippen molar-refractivity contribution < 1.29 is 35.2 Å². The van der Waals surface area contributed by atoms with Gasteiger partial charge in [0.25, 0.3) is 6.43 Å². The smallest absolute Gasteiger partial charge is 0.366 e. The van der Waals surface area contributed by atoms with Crippen LogP contribution in [0.5, 0.6) is 0 Å². The van der Waals surface area contributed by atoms with Crippen LogP contribution < -0.4 is 9.62 Å². The third kappa shape index (κ3) is 6.15. The first-order valence-electron chi connectivity index (χ1n) is 13.3. The highest BCUT2D eigenvalue weighted by molar-refractivity contribution is 7.89. The van der Waals surface area contributed by atoms with Crippen molar-refractivity contribution in [2.75, 3.05) is 24.5 Å². The molecule has 2 aliphatic rings. The van der Waals surface area contributed by atoms with Gasteiger partial charge in [-0.15, -0.1) is 10.2 Å². The zero-order chi connectivity index (χ0) is 31.5. The van der Waals surface area contributed by atoms with Crippen LogP contribution in [-0.2, 0) is 21.4 Å². The average molecular weight is 647 g/mol. The van der Waals surface area contributed by atoms with E-state index in [-0.39, 0.29) is 82.5 Å². The molecule has 232 valence electrons. The van der Waals surface area contributed by atoms with Gasteiger partial charge in [0.15, 0.2) is 10.0 Å². The van der Waals surface area contributed by atoms with E-state index in [2.05, 4.69) is 20.0 Å². The molecule has 1 N–H and O–H groups in total. The molecule has 1 saturated carbocycles. The van der Waals surface area contributed by atoms with E-state index in [0.717, 1.165) is 6.07 Å². The van der Waals surface area contributed by atoms with E-state index in [9.17, 15) is 40.4 Å². The largest absolute Gasteiger partial charge is 0.408 e. The Morgan fingerprint density at radius 3 is 2.47 bits per heavy atom. The number of nitriles is 1. The van der Waals surface area contributed by atoms with Crippen LogP contribution in [0.15, 0.2) is 17.0 Å². The molecule has 3 aromatic rings. The van der Waals surface area contributed by atoms with Crippen molar-refractivity contribution in [1.82, 2.24) is 29.6 Å². The number of fused-ring (bicyclic) bond motifs is 1. The fraction of sp³-hybridized carbons (Fsp3) is 0.560. The molecule has 1 saturated heterocycles. The molecule has 2 aromatic heterocycles. The molecule has 18 heteroatoms. The van der Waals surface area contributed by atoms with Gasteiger partial charge in [-0.3, -0.25) is 9.48 Å². The van der Waals surface area contributed by atoms with Crippen molar-refractivity contribution in [2.45, 2.75) is 69.2 Å². The molecule has 0 radical (unpaired) electrons. The zero-order valence-electron chi connectivity index (χ0n) is 23.2. The Bertz CT molecular complexity index is 1710. The van der Waals surface area contributed by atoms with Gasteiger partial charge in [0.05, 0.1) is 22.2 Å². The maximum Gasteiger partial charge on any atom is 0.408 e. The van der Waals surface area contributed by atoms with E-state index in [1.54, 1.807) is 30.6 Å². The molecule has 1 aromatic carbocycles. The molecular weight excluding hydrogens is 619 g/mol. The van der Waals surface area contributed by atoms with Gasteiger partial charge >= 0.3 is 6.18 Å². The standard InChI is InChI=1S/C25H27F5N8O3S2/c1-13(2)23(39)37-7-6-36(10-14(37)3)17-9-15(43(40,41)35-24(11-31)4-5-24)8-16-18(21-32-33-22(42-21)20(26)27)34-38(19(16)17)12-25(28,29)30/h8-9,13-14,20,35H,4-7,10,12H2,1-3H3/t14-/m0/s1. The van der Waals surface area contributed by atoms with Gasteiger partial charge in [-0.25, -0.2) is 17.2 Å². The van der Waals surface area contributed by atoms with Gasteiger partial charge in [0.1, 0.15) is 17.8 Å². The summed E-state index contributed by atoms with van der Waals surface area (Å²) >= 11 is 0.430.